The van der Waals surface area contributed by atoms with Gasteiger partial charge in [0.2, 0.25) is 0 Å². The van der Waals surface area contributed by atoms with E-state index in [0.717, 1.165) is 64.2 Å². The van der Waals surface area contributed by atoms with Crippen LogP contribution < -0.4 is 0 Å². The van der Waals surface area contributed by atoms with Crippen LogP contribution >= 0.6 is 0 Å². The summed E-state index contributed by atoms with van der Waals surface area (Å²) in [5.41, 5.74) is 0. The van der Waals surface area contributed by atoms with E-state index >= 15 is 0 Å². The van der Waals surface area contributed by atoms with Gasteiger partial charge in [0.25, 0.3) is 0 Å². The highest BCUT2D eigenvalue weighted by Crippen LogP contribution is 2.17. The highest BCUT2D eigenvalue weighted by Gasteiger charge is 2.19. The average molecular weight is 968 g/mol. The molecule has 0 aliphatic carbocycles. The zero-order valence-electron chi connectivity index (χ0n) is 46.1. The second-order valence-corrected chi connectivity index (χ2v) is 20.3. The number of carbonyl (C=O) groups is 3. The number of unbranched alkanes of at least 4 members (excludes halogenated alkanes) is 36. The highest BCUT2D eigenvalue weighted by atomic mass is 16.6. The molecule has 0 saturated heterocycles. The van der Waals surface area contributed by atoms with E-state index in [2.05, 4.69) is 69.4 Å². The smallest absolute Gasteiger partial charge is 0.306 e. The molecule has 402 valence electrons. The molecule has 0 aromatic rings. The lowest BCUT2D eigenvalue weighted by atomic mass is 10.0. The maximum atomic E-state index is 12.9. The predicted molar refractivity (Wildman–Crippen MR) is 298 cm³/mol. The van der Waals surface area contributed by atoms with Crippen LogP contribution in [0.1, 0.15) is 316 Å². The summed E-state index contributed by atoms with van der Waals surface area (Å²) >= 11 is 0. The molecular formula is C63H114O6. The van der Waals surface area contributed by atoms with Gasteiger partial charge in [-0.2, -0.15) is 0 Å². The Kier molecular flexibility index (Phi) is 55.7. The van der Waals surface area contributed by atoms with Gasteiger partial charge in [0.1, 0.15) is 13.2 Å². The van der Waals surface area contributed by atoms with Gasteiger partial charge in [-0.05, 0) is 57.8 Å². The van der Waals surface area contributed by atoms with E-state index in [1.165, 1.54) is 205 Å². The lowest BCUT2D eigenvalue weighted by molar-refractivity contribution is -0.167. The monoisotopic (exact) mass is 967 g/mol. The van der Waals surface area contributed by atoms with Crippen LogP contribution in [0.4, 0.5) is 0 Å². The zero-order chi connectivity index (χ0) is 50.0. The highest BCUT2D eigenvalue weighted by molar-refractivity contribution is 5.71. The third kappa shape index (κ3) is 56.2. The van der Waals surface area contributed by atoms with E-state index < -0.39 is 6.10 Å². The summed E-state index contributed by atoms with van der Waals surface area (Å²) in [5.74, 6) is -0.924. The summed E-state index contributed by atoms with van der Waals surface area (Å²) in [6.45, 7) is 6.62. The molecule has 0 bridgehead atoms. The lowest BCUT2D eigenvalue weighted by Gasteiger charge is -2.18. The zero-order valence-corrected chi connectivity index (χ0v) is 46.1. The van der Waals surface area contributed by atoms with E-state index in [1.54, 1.807) is 0 Å². The van der Waals surface area contributed by atoms with Crippen molar-refractivity contribution in [2.75, 3.05) is 13.2 Å². The molecule has 0 aliphatic heterocycles. The first kappa shape index (κ1) is 66.4. The van der Waals surface area contributed by atoms with E-state index in [9.17, 15) is 14.4 Å². The number of esters is 3. The molecule has 1 atom stereocenters. The van der Waals surface area contributed by atoms with Gasteiger partial charge in [0.15, 0.2) is 6.10 Å². The van der Waals surface area contributed by atoms with Crippen molar-refractivity contribution < 1.29 is 28.6 Å². The summed E-state index contributed by atoms with van der Waals surface area (Å²) in [6.07, 6.45) is 71.1. The van der Waals surface area contributed by atoms with Gasteiger partial charge in [-0.1, -0.05) is 288 Å². The van der Waals surface area contributed by atoms with Gasteiger partial charge in [0, 0.05) is 19.3 Å². The van der Waals surface area contributed by atoms with Crippen LogP contribution in [0.15, 0.2) is 48.6 Å². The minimum Gasteiger partial charge on any atom is -0.462 e. The molecule has 0 saturated carbocycles. The number of carbonyl (C=O) groups excluding carboxylic acids is 3. The number of ether oxygens (including phenoxy) is 3. The molecule has 6 heteroatoms. The Hall–Kier alpha value is -2.63. The minimum absolute atomic E-state index is 0.0852. The third-order valence-electron chi connectivity index (χ3n) is 13.3. The first-order chi connectivity index (χ1) is 34.0. The van der Waals surface area contributed by atoms with Gasteiger partial charge >= 0.3 is 17.9 Å². The van der Waals surface area contributed by atoms with E-state index in [1.807, 2.05) is 0 Å². The van der Waals surface area contributed by atoms with Crippen LogP contribution in [0, 0.1) is 0 Å². The first-order valence-electron chi connectivity index (χ1n) is 30.1. The molecule has 0 aliphatic rings. The van der Waals surface area contributed by atoms with Crippen molar-refractivity contribution in [3.8, 4) is 0 Å². The van der Waals surface area contributed by atoms with Crippen molar-refractivity contribution in [1.29, 1.82) is 0 Å². The van der Waals surface area contributed by atoms with Gasteiger partial charge in [-0.25, -0.2) is 0 Å². The molecular weight excluding hydrogens is 853 g/mol. The molecule has 0 amide bonds. The largest absolute Gasteiger partial charge is 0.462 e. The average Bonchev–Trinajstić information content (AvgIpc) is 3.35. The summed E-state index contributed by atoms with van der Waals surface area (Å²) < 4.78 is 16.9. The minimum atomic E-state index is -0.791. The number of allylic oxidation sites excluding steroid dienone is 8. The van der Waals surface area contributed by atoms with Crippen LogP contribution in [-0.4, -0.2) is 37.2 Å². The van der Waals surface area contributed by atoms with Crippen LogP contribution in [0.2, 0.25) is 0 Å². The molecule has 0 N–H and O–H groups in total. The van der Waals surface area contributed by atoms with Gasteiger partial charge < -0.3 is 14.2 Å². The first-order valence-corrected chi connectivity index (χ1v) is 30.1. The van der Waals surface area contributed by atoms with E-state index in [-0.39, 0.29) is 37.5 Å². The molecule has 0 spiro atoms. The standard InChI is InChI=1S/C63H114O6/c1-4-7-10-13-16-19-22-25-28-31-34-37-40-43-46-49-52-55-61(64)67-58-60(69-63(66)57-54-51-48-45-42-39-36-33-30-27-24-21-18-15-12-9-6-3)59-68-62(65)56-53-50-47-44-41-38-35-32-29-26-23-20-17-14-11-8-5-2/h16,19,25,28,34,37,43,46,60H,4-15,17-18,20-24,26-27,29-33,35-36,38-42,44-45,47-59H2,1-3H3. The van der Waals surface area contributed by atoms with Crippen LogP contribution in [-0.2, 0) is 28.6 Å². The summed E-state index contributed by atoms with van der Waals surface area (Å²) in [4.78, 5) is 38.2. The van der Waals surface area contributed by atoms with E-state index in [4.69, 9.17) is 14.2 Å². The Balaban J connectivity index is 4.41. The fraction of sp³-hybridized carbons (Fsp3) is 0.825. The topological polar surface area (TPSA) is 78.9 Å². The maximum absolute atomic E-state index is 12.9. The molecule has 1 unspecified atom stereocenters. The second kappa shape index (κ2) is 57.9. The fourth-order valence-corrected chi connectivity index (χ4v) is 8.79. The lowest BCUT2D eigenvalue weighted by Crippen LogP contribution is -2.30. The van der Waals surface area contributed by atoms with Gasteiger partial charge in [-0.15, -0.1) is 0 Å². The maximum Gasteiger partial charge on any atom is 0.306 e. The molecule has 0 rings (SSSR count). The quantitative estimate of drug-likeness (QED) is 0.0262. The summed E-state index contributed by atoms with van der Waals surface area (Å²) in [5, 5.41) is 0. The Labute approximate surface area is 428 Å². The normalized spacial score (nSPS) is 12.3. The Bertz CT molecular complexity index is 1200. The van der Waals surface area contributed by atoms with Crippen molar-refractivity contribution in [2.24, 2.45) is 0 Å². The summed E-state index contributed by atoms with van der Waals surface area (Å²) in [7, 11) is 0. The molecule has 0 heterocycles. The van der Waals surface area contributed by atoms with Crippen LogP contribution in [0.25, 0.3) is 0 Å². The number of hydrogen-bond donors (Lipinski definition) is 0. The molecule has 69 heavy (non-hydrogen) atoms. The van der Waals surface area contributed by atoms with Crippen molar-refractivity contribution in [1.82, 2.24) is 0 Å². The molecule has 0 radical (unpaired) electrons. The molecule has 0 aromatic heterocycles. The van der Waals surface area contributed by atoms with E-state index in [0.29, 0.717) is 19.3 Å². The second-order valence-electron chi connectivity index (χ2n) is 20.3. The number of hydrogen-bond acceptors (Lipinski definition) is 6. The number of rotatable bonds is 55. The van der Waals surface area contributed by atoms with Crippen molar-refractivity contribution in [2.45, 2.75) is 322 Å². The van der Waals surface area contributed by atoms with Crippen LogP contribution in [0.5, 0.6) is 0 Å². The fourth-order valence-electron chi connectivity index (χ4n) is 8.79. The third-order valence-corrected chi connectivity index (χ3v) is 13.3. The summed E-state index contributed by atoms with van der Waals surface area (Å²) in [6, 6.07) is 0. The molecule has 0 fully saturated rings. The molecule has 6 nitrogen and oxygen atoms in total. The van der Waals surface area contributed by atoms with Crippen molar-refractivity contribution >= 4 is 17.9 Å². The van der Waals surface area contributed by atoms with Crippen LogP contribution in [0.3, 0.4) is 0 Å². The van der Waals surface area contributed by atoms with Crippen molar-refractivity contribution in [3.63, 3.8) is 0 Å². The van der Waals surface area contributed by atoms with Crippen molar-refractivity contribution in [3.05, 3.63) is 48.6 Å². The predicted octanol–water partition coefficient (Wildman–Crippen LogP) is 20.2. The Morgan fingerprint density at radius 1 is 0.290 bits per heavy atom. The van der Waals surface area contributed by atoms with Gasteiger partial charge in [-0.3, -0.25) is 14.4 Å². The van der Waals surface area contributed by atoms with Gasteiger partial charge in [0.05, 0.1) is 0 Å². The molecule has 0 aromatic carbocycles. The Morgan fingerprint density at radius 3 is 0.870 bits per heavy atom. The Morgan fingerprint density at radius 2 is 0.536 bits per heavy atom. The SMILES string of the molecule is CCCCCC=CCC=CCC=CCC=CCCCC(=O)OCC(COC(=O)CCCCCCCCCCCCCCCCCCC)OC(=O)CCCCCCCCCCCCCCCCCCC.